The van der Waals surface area contributed by atoms with Gasteiger partial charge >= 0.3 is 0 Å². The van der Waals surface area contributed by atoms with Crippen molar-refractivity contribution in [2.75, 3.05) is 5.32 Å². The number of fused-ring (bicyclic) bond motifs is 1. The molecule has 3 aromatic heterocycles. The van der Waals surface area contributed by atoms with Gasteiger partial charge in [0, 0.05) is 29.0 Å². The fourth-order valence-corrected chi connectivity index (χ4v) is 2.93. The van der Waals surface area contributed by atoms with Gasteiger partial charge in [0.05, 0.1) is 6.20 Å². The van der Waals surface area contributed by atoms with Crippen LogP contribution in [0.15, 0.2) is 65.7 Å². The average molecular weight is 292 g/mol. The average Bonchev–Trinajstić information content (AvgIpc) is 3.16. The van der Waals surface area contributed by atoms with Crippen LogP contribution < -0.4 is 5.32 Å². The van der Waals surface area contributed by atoms with Crippen LogP contribution in [0.25, 0.3) is 16.9 Å². The fourth-order valence-electron chi connectivity index (χ4n) is 2.28. The Hall–Kier alpha value is -2.66. The molecule has 0 atom stereocenters. The van der Waals surface area contributed by atoms with E-state index < -0.39 is 0 Å². The Balaban J connectivity index is 1.91. The molecule has 0 saturated carbocycles. The Morgan fingerprint density at radius 2 is 2.00 bits per heavy atom. The van der Waals surface area contributed by atoms with Crippen LogP contribution in [0.2, 0.25) is 0 Å². The summed E-state index contributed by atoms with van der Waals surface area (Å²) in [5, 5.41) is 7.62. The Kier molecular flexibility index (Phi) is 2.90. The third kappa shape index (κ3) is 2.17. The Bertz CT molecular complexity index is 866. The number of anilines is 2. The van der Waals surface area contributed by atoms with Crippen molar-refractivity contribution in [1.29, 1.82) is 0 Å². The Morgan fingerprint density at radius 3 is 2.81 bits per heavy atom. The minimum Gasteiger partial charge on any atom is -0.339 e. The van der Waals surface area contributed by atoms with Gasteiger partial charge in [-0.2, -0.15) is 11.3 Å². The van der Waals surface area contributed by atoms with Crippen molar-refractivity contribution in [2.45, 2.75) is 0 Å². The first-order chi connectivity index (χ1) is 10.4. The molecule has 0 aliphatic heterocycles. The van der Waals surface area contributed by atoms with E-state index in [1.807, 2.05) is 40.9 Å². The van der Waals surface area contributed by atoms with Crippen LogP contribution in [0.3, 0.4) is 0 Å². The van der Waals surface area contributed by atoms with E-state index in [0.29, 0.717) is 0 Å². The van der Waals surface area contributed by atoms with Crippen LogP contribution in [0, 0.1) is 0 Å². The first kappa shape index (κ1) is 12.1. The van der Waals surface area contributed by atoms with Gasteiger partial charge in [0.15, 0.2) is 5.65 Å². The summed E-state index contributed by atoms with van der Waals surface area (Å²) >= 11 is 1.67. The van der Waals surface area contributed by atoms with Crippen molar-refractivity contribution in [1.82, 2.24) is 14.4 Å². The molecule has 0 unspecified atom stereocenters. The number of thiophene rings is 1. The smallest absolute Gasteiger partial charge is 0.157 e. The highest BCUT2D eigenvalue weighted by Crippen LogP contribution is 2.31. The topological polar surface area (TPSA) is 42.2 Å². The number of hydrogen-bond donors (Lipinski definition) is 1. The number of nitrogens with one attached hydrogen (secondary N) is 1. The molecule has 5 heteroatoms. The highest BCUT2D eigenvalue weighted by molar-refractivity contribution is 7.08. The molecule has 4 nitrogen and oxygen atoms in total. The maximum atomic E-state index is 4.70. The molecule has 102 valence electrons. The second kappa shape index (κ2) is 5.03. The number of imidazole rings is 1. The van der Waals surface area contributed by atoms with Crippen molar-refractivity contribution in [3.63, 3.8) is 0 Å². The summed E-state index contributed by atoms with van der Waals surface area (Å²) in [6.07, 6.45) is 5.46. The highest BCUT2D eigenvalue weighted by atomic mass is 32.1. The zero-order valence-corrected chi connectivity index (χ0v) is 11.9. The summed E-state index contributed by atoms with van der Waals surface area (Å²) in [7, 11) is 0. The molecule has 1 N–H and O–H groups in total. The molecular weight excluding hydrogens is 280 g/mol. The number of benzene rings is 1. The van der Waals surface area contributed by atoms with Crippen LogP contribution in [-0.2, 0) is 0 Å². The van der Waals surface area contributed by atoms with Gasteiger partial charge in [0.2, 0.25) is 0 Å². The summed E-state index contributed by atoms with van der Waals surface area (Å²) in [6, 6.07) is 12.2. The highest BCUT2D eigenvalue weighted by Gasteiger charge is 2.14. The summed E-state index contributed by atoms with van der Waals surface area (Å²) in [6.45, 7) is 0. The van der Waals surface area contributed by atoms with Gasteiger partial charge in [0.1, 0.15) is 11.5 Å². The third-order valence-corrected chi connectivity index (χ3v) is 3.94. The normalized spacial score (nSPS) is 10.9. The van der Waals surface area contributed by atoms with E-state index in [1.165, 1.54) is 0 Å². The lowest BCUT2D eigenvalue weighted by molar-refractivity contribution is 1.13. The van der Waals surface area contributed by atoms with Gasteiger partial charge in [0.25, 0.3) is 0 Å². The molecule has 4 aromatic rings. The summed E-state index contributed by atoms with van der Waals surface area (Å²) < 4.78 is 2.02. The third-order valence-electron chi connectivity index (χ3n) is 3.26. The zero-order chi connectivity index (χ0) is 14.1. The minimum atomic E-state index is 0.831. The zero-order valence-electron chi connectivity index (χ0n) is 11.1. The molecule has 3 heterocycles. The van der Waals surface area contributed by atoms with Gasteiger partial charge in [-0.15, -0.1) is 0 Å². The Labute approximate surface area is 125 Å². The van der Waals surface area contributed by atoms with Gasteiger partial charge in [-0.3, -0.25) is 9.38 Å². The number of nitrogens with zero attached hydrogens (tertiary/aromatic N) is 3. The quantitative estimate of drug-likeness (QED) is 0.615. The predicted molar refractivity (Wildman–Crippen MR) is 86.0 cm³/mol. The standard InChI is InChI=1S/C16H12N4S/c1-2-4-13(5-3-1)18-16-15(12-6-9-21-11-12)19-14-10-17-7-8-20(14)16/h1-11,18H. The van der Waals surface area contributed by atoms with E-state index in [0.717, 1.165) is 28.4 Å². The van der Waals surface area contributed by atoms with Gasteiger partial charge in [-0.05, 0) is 23.6 Å². The van der Waals surface area contributed by atoms with Crippen LogP contribution in [0.1, 0.15) is 0 Å². The monoisotopic (exact) mass is 292 g/mol. The second-order valence-electron chi connectivity index (χ2n) is 4.62. The second-order valence-corrected chi connectivity index (χ2v) is 5.40. The fraction of sp³-hybridized carbons (Fsp3) is 0. The van der Waals surface area contributed by atoms with Gasteiger partial charge < -0.3 is 5.32 Å². The van der Waals surface area contributed by atoms with E-state index in [1.54, 1.807) is 23.7 Å². The first-order valence-corrected chi connectivity index (χ1v) is 7.53. The van der Waals surface area contributed by atoms with Crippen molar-refractivity contribution in [3.8, 4) is 11.3 Å². The summed E-state index contributed by atoms with van der Waals surface area (Å²) in [5.41, 5.74) is 3.92. The van der Waals surface area contributed by atoms with Crippen LogP contribution in [0.5, 0.6) is 0 Å². The molecule has 0 saturated heterocycles. The first-order valence-electron chi connectivity index (χ1n) is 6.58. The van der Waals surface area contributed by atoms with Crippen LogP contribution in [-0.4, -0.2) is 14.4 Å². The van der Waals surface area contributed by atoms with Crippen molar-refractivity contribution < 1.29 is 0 Å². The molecule has 1 aromatic carbocycles. The summed E-state index contributed by atoms with van der Waals surface area (Å²) in [4.78, 5) is 8.84. The van der Waals surface area contributed by atoms with Crippen molar-refractivity contribution >= 4 is 28.5 Å². The van der Waals surface area contributed by atoms with Crippen LogP contribution in [0.4, 0.5) is 11.5 Å². The van der Waals surface area contributed by atoms with E-state index in [4.69, 9.17) is 4.98 Å². The molecule has 0 fully saturated rings. The summed E-state index contributed by atoms with van der Waals surface area (Å²) in [5.74, 6) is 0.956. The number of aromatic nitrogens is 3. The predicted octanol–water partition coefficient (Wildman–Crippen LogP) is 4.20. The number of hydrogen-bond acceptors (Lipinski definition) is 4. The lowest BCUT2D eigenvalue weighted by Gasteiger charge is -2.07. The minimum absolute atomic E-state index is 0.831. The van der Waals surface area contributed by atoms with E-state index in [2.05, 4.69) is 27.1 Å². The van der Waals surface area contributed by atoms with Crippen molar-refractivity contribution in [3.05, 3.63) is 65.7 Å². The Morgan fingerprint density at radius 1 is 1.10 bits per heavy atom. The molecule has 0 radical (unpaired) electrons. The molecule has 0 aliphatic rings. The SMILES string of the molecule is c1ccc(Nc2c(-c3ccsc3)nc3cnccn23)cc1. The molecule has 0 spiro atoms. The van der Waals surface area contributed by atoms with E-state index in [-0.39, 0.29) is 0 Å². The maximum absolute atomic E-state index is 4.70. The van der Waals surface area contributed by atoms with Gasteiger partial charge in [-0.25, -0.2) is 4.98 Å². The molecule has 0 aliphatic carbocycles. The molecule has 0 bridgehead atoms. The lowest BCUT2D eigenvalue weighted by Crippen LogP contribution is -1.96. The molecule has 4 rings (SSSR count). The van der Waals surface area contributed by atoms with E-state index >= 15 is 0 Å². The molecular formula is C16H12N4S. The maximum Gasteiger partial charge on any atom is 0.157 e. The van der Waals surface area contributed by atoms with E-state index in [9.17, 15) is 0 Å². The lowest BCUT2D eigenvalue weighted by atomic mass is 10.2. The molecule has 21 heavy (non-hydrogen) atoms. The largest absolute Gasteiger partial charge is 0.339 e. The number of para-hydroxylation sites is 1. The van der Waals surface area contributed by atoms with Gasteiger partial charge in [-0.1, -0.05) is 18.2 Å². The van der Waals surface area contributed by atoms with Crippen molar-refractivity contribution in [2.24, 2.45) is 0 Å². The molecule has 0 amide bonds. The number of rotatable bonds is 3. The van der Waals surface area contributed by atoms with Crippen LogP contribution >= 0.6 is 11.3 Å².